The Hall–Kier alpha value is -3.02. The zero-order chi connectivity index (χ0) is 17.2. The Morgan fingerprint density at radius 1 is 1.32 bits per heavy atom. The minimum atomic E-state index is -0.0925. The van der Waals surface area contributed by atoms with E-state index >= 15 is 0 Å². The van der Waals surface area contributed by atoms with E-state index in [0.29, 0.717) is 25.3 Å². The highest BCUT2D eigenvalue weighted by Crippen LogP contribution is 2.30. The molecule has 1 N–H and O–H groups in total. The number of aryl methyl sites for hydroxylation is 1. The van der Waals surface area contributed by atoms with Crippen molar-refractivity contribution in [3.8, 4) is 0 Å². The first-order chi connectivity index (χ1) is 12.2. The molecule has 2 aliphatic heterocycles. The second kappa shape index (κ2) is 6.47. The highest BCUT2D eigenvalue weighted by Gasteiger charge is 2.22. The summed E-state index contributed by atoms with van der Waals surface area (Å²) < 4.78 is 0. The van der Waals surface area contributed by atoms with Gasteiger partial charge in [0.25, 0.3) is 5.91 Å². The number of benzene rings is 1. The number of aromatic nitrogens is 2. The molecule has 0 spiro atoms. The number of rotatable bonds is 5. The SMILES string of the molecule is Cc1cc(C(=O)N(CC2=CCN=C2)Cc2cccc3c2N=CC3)n[nH]1. The second-order valence-corrected chi connectivity index (χ2v) is 6.31. The van der Waals surface area contributed by atoms with Crippen LogP contribution < -0.4 is 0 Å². The van der Waals surface area contributed by atoms with Gasteiger partial charge >= 0.3 is 0 Å². The van der Waals surface area contributed by atoms with Gasteiger partial charge in [0.2, 0.25) is 0 Å². The second-order valence-electron chi connectivity index (χ2n) is 6.31. The standard InChI is InChI=1S/C19H19N5O/c1-13-9-17(23-22-13)19(25)24(11-14-5-7-20-10-14)12-16-4-2-3-15-6-8-21-18(15)16/h2-5,8-10H,6-7,11-12H2,1H3,(H,22,23). The molecule has 0 saturated heterocycles. The maximum atomic E-state index is 13.0. The van der Waals surface area contributed by atoms with Crippen LogP contribution in [0, 0.1) is 6.92 Å². The van der Waals surface area contributed by atoms with Crippen molar-refractivity contribution in [2.24, 2.45) is 9.98 Å². The van der Waals surface area contributed by atoms with Crippen LogP contribution in [0.4, 0.5) is 5.69 Å². The van der Waals surface area contributed by atoms with Crippen LogP contribution in [0.2, 0.25) is 0 Å². The number of H-pyrrole nitrogens is 1. The predicted molar refractivity (Wildman–Crippen MR) is 97.8 cm³/mol. The van der Waals surface area contributed by atoms with Crippen molar-refractivity contribution in [1.82, 2.24) is 15.1 Å². The van der Waals surface area contributed by atoms with Crippen LogP contribution in [0.15, 0.2) is 45.9 Å². The lowest BCUT2D eigenvalue weighted by Gasteiger charge is -2.23. The third kappa shape index (κ3) is 3.15. The van der Waals surface area contributed by atoms with E-state index in [-0.39, 0.29) is 5.91 Å². The van der Waals surface area contributed by atoms with Crippen molar-refractivity contribution < 1.29 is 4.79 Å². The van der Waals surface area contributed by atoms with Gasteiger partial charge in [-0.05, 0) is 29.7 Å². The Morgan fingerprint density at radius 2 is 2.24 bits per heavy atom. The first-order valence-electron chi connectivity index (χ1n) is 8.34. The number of nitrogens with zero attached hydrogens (tertiary/aromatic N) is 4. The van der Waals surface area contributed by atoms with E-state index in [4.69, 9.17) is 0 Å². The highest BCUT2D eigenvalue weighted by molar-refractivity contribution is 5.93. The molecule has 1 amide bonds. The van der Waals surface area contributed by atoms with Crippen LogP contribution in [0.3, 0.4) is 0 Å². The summed E-state index contributed by atoms with van der Waals surface area (Å²) in [6.07, 6.45) is 6.66. The summed E-state index contributed by atoms with van der Waals surface area (Å²) in [4.78, 5) is 23.5. The van der Waals surface area contributed by atoms with Gasteiger partial charge in [0.1, 0.15) is 5.69 Å². The fourth-order valence-corrected chi connectivity index (χ4v) is 3.15. The normalized spacial score (nSPS) is 14.7. The van der Waals surface area contributed by atoms with Crippen LogP contribution >= 0.6 is 0 Å². The fourth-order valence-electron chi connectivity index (χ4n) is 3.15. The van der Waals surface area contributed by atoms with Gasteiger partial charge in [-0.3, -0.25) is 19.9 Å². The number of carbonyl (C=O) groups is 1. The number of aromatic amines is 1. The van der Waals surface area contributed by atoms with E-state index in [2.05, 4.69) is 26.2 Å². The van der Waals surface area contributed by atoms with Gasteiger partial charge in [-0.2, -0.15) is 5.10 Å². The van der Waals surface area contributed by atoms with Gasteiger partial charge in [-0.15, -0.1) is 0 Å². The molecule has 25 heavy (non-hydrogen) atoms. The van der Waals surface area contributed by atoms with E-state index in [1.54, 1.807) is 6.07 Å². The van der Waals surface area contributed by atoms with Crippen molar-refractivity contribution in [1.29, 1.82) is 0 Å². The lowest BCUT2D eigenvalue weighted by Crippen LogP contribution is -2.33. The molecule has 1 aromatic carbocycles. The molecule has 0 radical (unpaired) electrons. The number of fused-ring (bicyclic) bond motifs is 1. The molecule has 0 unspecified atom stereocenters. The lowest BCUT2D eigenvalue weighted by atomic mass is 10.1. The maximum Gasteiger partial charge on any atom is 0.274 e. The predicted octanol–water partition coefficient (Wildman–Crippen LogP) is 2.63. The van der Waals surface area contributed by atoms with Gasteiger partial charge in [0.15, 0.2) is 0 Å². The molecule has 0 atom stereocenters. The van der Waals surface area contributed by atoms with Gasteiger partial charge < -0.3 is 4.90 Å². The van der Waals surface area contributed by atoms with Gasteiger partial charge in [0, 0.05) is 37.6 Å². The van der Waals surface area contributed by atoms with Crippen LogP contribution in [0.5, 0.6) is 0 Å². The summed E-state index contributed by atoms with van der Waals surface area (Å²) in [7, 11) is 0. The summed E-state index contributed by atoms with van der Waals surface area (Å²) in [6.45, 7) is 3.58. The van der Waals surface area contributed by atoms with Crippen molar-refractivity contribution in [3.05, 3.63) is 58.4 Å². The molecule has 6 heteroatoms. The highest BCUT2D eigenvalue weighted by atomic mass is 16.2. The van der Waals surface area contributed by atoms with Gasteiger partial charge in [0.05, 0.1) is 12.2 Å². The zero-order valence-corrected chi connectivity index (χ0v) is 14.1. The molecule has 6 nitrogen and oxygen atoms in total. The number of hydrogen-bond acceptors (Lipinski definition) is 4. The van der Waals surface area contributed by atoms with Crippen molar-refractivity contribution in [3.63, 3.8) is 0 Å². The topological polar surface area (TPSA) is 73.7 Å². The quantitative estimate of drug-likeness (QED) is 0.913. The van der Waals surface area contributed by atoms with E-state index in [0.717, 1.165) is 28.9 Å². The summed E-state index contributed by atoms with van der Waals surface area (Å²) in [5.41, 5.74) is 5.62. The molecule has 2 aromatic rings. The third-order valence-electron chi connectivity index (χ3n) is 4.40. The number of carbonyl (C=O) groups excluding carboxylic acids is 1. The van der Waals surface area contributed by atoms with Crippen molar-refractivity contribution in [2.75, 3.05) is 13.1 Å². The van der Waals surface area contributed by atoms with E-state index in [1.807, 2.05) is 42.5 Å². The van der Waals surface area contributed by atoms with Crippen LogP contribution in [-0.4, -0.2) is 46.5 Å². The molecular weight excluding hydrogens is 314 g/mol. The van der Waals surface area contributed by atoms with Crippen LogP contribution in [-0.2, 0) is 13.0 Å². The van der Waals surface area contributed by atoms with E-state index < -0.39 is 0 Å². The molecule has 0 saturated carbocycles. The minimum Gasteiger partial charge on any atom is -0.328 e. The Balaban J connectivity index is 1.63. The molecular formula is C19H19N5O. The Labute approximate surface area is 146 Å². The number of amides is 1. The largest absolute Gasteiger partial charge is 0.328 e. The minimum absolute atomic E-state index is 0.0925. The molecule has 0 bridgehead atoms. The smallest absolute Gasteiger partial charge is 0.274 e. The lowest BCUT2D eigenvalue weighted by molar-refractivity contribution is 0.0755. The monoisotopic (exact) mass is 333 g/mol. The third-order valence-corrected chi connectivity index (χ3v) is 4.40. The number of aliphatic imine (C=N–C) groups is 2. The van der Waals surface area contributed by atoms with E-state index in [9.17, 15) is 4.79 Å². The molecule has 3 heterocycles. The maximum absolute atomic E-state index is 13.0. The summed E-state index contributed by atoms with van der Waals surface area (Å²) in [5.74, 6) is -0.0925. The first kappa shape index (κ1) is 15.5. The fraction of sp³-hybridized carbons (Fsp3) is 0.263. The van der Waals surface area contributed by atoms with Gasteiger partial charge in [-0.25, -0.2) is 0 Å². The van der Waals surface area contributed by atoms with E-state index in [1.165, 1.54) is 5.56 Å². The molecule has 4 rings (SSSR count). The average Bonchev–Trinajstić information content (AvgIpc) is 3.35. The Bertz CT molecular complexity index is 906. The molecule has 0 aliphatic carbocycles. The number of nitrogens with one attached hydrogen (secondary N) is 1. The zero-order valence-electron chi connectivity index (χ0n) is 14.1. The summed E-state index contributed by atoms with van der Waals surface area (Å²) in [6, 6.07) is 7.93. The van der Waals surface area contributed by atoms with Crippen LogP contribution in [0.1, 0.15) is 27.3 Å². The summed E-state index contributed by atoms with van der Waals surface area (Å²) >= 11 is 0. The Morgan fingerprint density at radius 3 is 3.00 bits per heavy atom. The number of para-hydroxylation sites is 1. The molecule has 126 valence electrons. The van der Waals surface area contributed by atoms with Crippen molar-refractivity contribution >= 4 is 24.0 Å². The van der Waals surface area contributed by atoms with Crippen LogP contribution in [0.25, 0.3) is 0 Å². The van der Waals surface area contributed by atoms with Crippen molar-refractivity contribution in [2.45, 2.75) is 19.9 Å². The molecule has 1 aromatic heterocycles. The van der Waals surface area contributed by atoms with Gasteiger partial charge in [-0.1, -0.05) is 24.3 Å². The molecule has 0 fully saturated rings. The first-order valence-corrected chi connectivity index (χ1v) is 8.34. The number of hydrogen-bond donors (Lipinski definition) is 1. The molecule has 2 aliphatic rings. The summed E-state index contributed by atoms with van der Waals surface area (Å²) in [5, 5.41) is 6.97. The Kier molecular flexibility index (Phi) is 4.01. The average molecular weight is 333 g/mol.